The molecule has 2 aromatic rings. The fourth-order valence-corrected chi connectivity index (χ4v) is 5.01. The zero-order valence-electron chi connectivity index (χ0n) is 16.7. The average Bonchev–Trinajstić information content (AvgIpc) is 3.03. The summed E-state index contributed by atoms with van der Waals surface area (Å²) in [6.07, 6.45) is 0.749. The van der Waals surface area contributed by atoms with E-state index in [4.69, 9.17) is 14.2 Å². The Morgan fingerprint density at radius 1 is 0.967 bits per heavy atom. The Morgan fingerprint density at radius 2 is 1.67 bits per heavy atom. The van der Waals surface area contributed by atoms with Gasteiger partial charge < -0.3 is 19.1 Å². The Balaban J connectivity index is 1.47. The van der Waals surface area contributed by atoms with E-state index in [1.807, 2.05) is 0 Å². The lowest BCUT2D eigenvalue weighted by Gasteiger charge is -2.34. The van der Waals surface area contributed by atoms with Crippen LogP contribution in [0.3, 0.4) is 0 Å². The summed E-state index contributed by atoms with van der Waals surface area (Å²) in [6.45, 7) is 2.08. The number of nitrogens with zero attached hydrogens (tertiary/aromatic N) is 2. The Morgan fingerprint density at radius 3 is 2.40 bits per heavy atom. The Labute approximate surface area is 176 Å². The lowest BCUT2D eigenvalue weighted by molar-refractivity contribution is 0.0694. The lowest BCUT2D eigenvalue weighted by atomic mass is 10.1. The largest absolute Gasteiger partial charge is 0.496 e. The van der Waals surface area contributed by atoms with Crippen LogP contribution < -0.4 is 14.2 Å². The lowest BCUT2D eigenvalue weighted by Crippen LogP contribution is -2.50. The van der Waals surface area contributed by atoms with Gasteiger partial charge in [-0.1, -0.05) is 12.1 Å². The number of para-hydroxylation sites is 1. The van der Waals surface area contributed by atoms with Crippen LogP contribution >= 0.6 is 0 Å². The van der Waals surface area contributed by atoms with Gasteiger partial charge in [-0.15, -0.1) is 0 Å². The third-order valence-electron chi connectivity index (χ3n) is 5.22. The van der Waals surface area contributed by atoms with Crippen LogP contribution in [0, 0.1) is 0 Å². The maximum absolute atomic E-state index is 13.1. The molecule has 0 N–H and O–H groups in total. The number of carbonyl (C=O) groups is 1. The molecule has 9 heteroatoms. The molecule has 0 radical (unpaired) electrons. The van der Waals surface area contributed by atoms with Crippen LogP contribution in [0.5, 0.6) is 17.2 Å². The van der Waals surface area contributed by atoms with Crippen molar-refractivity contribution in [2.24, 2.45) is 0 Å². The minimum Gasteiger partial charge on any atom is -0.496 e. The fourth-order valence-electron chi connectivity index (χ4n) is 3.58. The molecule has 0 aliphatic carbocycles. The number of fused-ring (bicyclic) bond motifs is 1. The first-order chi connectivity index (χ1) is 14.5. The smallest absolute Gasteiger partial charge is 0.257 e. The second-order valence-electron chi connectivity index (χ2n) is 7.06. The maximum atomic E-state index is 13.1. The minimum absolute atomic E-state index is 0.163. The SMILES string of the molecule is COc1ccccc1C(=O)N1CCN(S(=O)(=O)c2ccc3c(c2)OCCCO3)CC1. The van der Waals surface area contributed by atoms with Crippen molar-refractivity contribution < 1.29 is 27.4 Å². The van der Waals surface area contributed by atoms with Gasteiger partial charge in [-0.05, 0) is 24.3 Å². The van der Waals surface area contributed by atoms with E-state index in [1.54, 1.807) is 35.2 Å². The molecule has 1 amide bonds. The first-order valence-electron chi connectivity index (χ1n) is 9.83. The van der Waals surface area contributed by atoms with E-state index in [-0.39, 0.29) is 23.9 Å². The van der Waals surface area contributed by atoms with Crippen molar-refractivity contribution in [3.63, 3.8) is 0 Å². The Kier molecular flexibility index (Phi) is 5.83. The van der Waals surface area contributed by atoms with Gasteiger partial charge in [0, 0.05) is 38.7 Å². The first-order valence-corrected chi connectivity index (χ1v) is 11.3. The summed E-state index contributed by atoms with van der Waals surface area (Å²) in [5.74, 6) is 1.34. The van der Waals surface area contributed by atoms with E-state index >= 15 is 0 Å². The number of methoxy groups -OCH3 is 1. The van der Waals surface area contributed by atoms with Crippen LogP contribution in [0.4, 0.5) is 0 Å². The highest BCUT2D eigenvalue weighted by Crippen LogP contribution is 2.33. The van der Waals surface area contributed by atoms with E-state index < -0.39 is 10.0 Å². The molecule has 1 saturated heterocycles. The molecule has 2 heterocycles. The molecule has 0 bridgehead atoms. The van der Waals surface area contributed by atoms with Crippen LogP contribution in [0.25, 0.3) is 0 Å². The van der Waals surface area contributed by atoms with Gasteiger partial charge in [0.15, 0.2) is 11.5 Å². The predicted molar refractivity (Wildman–Crippen MR) is 110 cm³/mol. The normalized spacial score (nSPS) is 17.3. The van der Waals surface area contributed by atoms with Gasteiger partial charge in [0.25, 0.3) is 5.91 Å². The summed E-state index contributed by atoms with van der Waals surface area (Å²) in [6, 6.07) is 11.7. The quantitative estimate of drug-likeness (QED) is 0.735. The van der Waals surface area contributed by atoms with E-state index in [0.717, 1.165) is 6.42 Å². The average molecular weight is 432 g/mol. The highest BCUT2D eigenvalue weighted by Gasteiger charge is 2.32. The van der Waals surface area contributed by atoms with Crippen molar-refractivity contribution >= 4 is 15.9 Å². The number of rotatable bonds is 4. The van der Waals surface area contributed by atoms with Gasteiger partial charge in [-0.25, -0.2) is 8.42 Å². The van der Waals surface area contributed by atoms with Crippen molar-refractivity contribution in [2.75, 3.05) is 46.5 Å². The summed E-state index contributed by atoms with van der Waals surface area (Å²) >= 11 is 0. The molecule has 2 aromatic carbocycles. The van der Waals surface area contributed by atoms with Crippen molar-refractivity contribution in [3.8, 4) is 17.2 Å². The van der Waals surface area contributed by atoms with Gasteiger partial charge in [0.05, 0.1) is 30.8 Å². The summed E-state index contributed by atoms with van der Waals surface area (Å²) in [5.41, 5.74) is 0.471. The molecule has 2 aliphatic rings. The summed E-state index contributed by atoms with van der Waals surface area (Å²) in [7, 11) is -2.18. The number of amides is 1. The standard InChI is InChI=1S/C21H24N2O6S/c1-27-18-6-3-2-5-17(18)21(24)22-9-11-23(12-10-22)30(25,26)16-7-8-19-20(15-16)29-14-4-13-28-19/h2-3,5-8,15H,4,9-14H2,1H3. The third-order valence-corrected chi connectivity index (χ3v) is 7.11. The second kappa shape index (κ2) is 8.53. The van der Waals surface area contributed by atoms with Crippen molar-refractivity contribution in [3.05, 3.63) is 48.0 Å². The number of ether oxygens (including phenoxy) is 3. The Bertz CT molecular complexity index is 1030. The number of hydrogen-bond donors (Lipinski definition) is 0. The fraction of sp³-hybridized carbons (Fsp3) is 0.381. The van der Waals surface area contributed by atoms with Crippen molar-refractivity contribution in [1.82, 2.24) is 9.21 Å². The second-order valence-corrected chi connectivity index (χ2v) is 8.99. The molecule has 4 rings (SSSR count). The number of piperazine rings is 1. The number of carbonyl (C=O) groups excluding carboxylic acids is 1. The molecule has 0 aromatic heterocycles. The molecule has 0 atom stereocenters. The van der Waals surface area contributed by atoms with Crippen molar-refractivity contribution in [2.45, 2.75) is 11.3 Å². The highest BCUT2D eigenvalue weighted by atomic mass is 32.2. The molecule has 0 unspecified atom stereocenters. The predicted octanol–water partition coefficient (Wildman–Crippen LogP) is 2.00. The summed E-state index contributed by atoms with van der Waals surface area (Å²) in [4.78, 5) is 14.7. The van der Waals surface area contributed by atoms with Crippen LogP contribution in [-0.4, -0.2) is 70.0 Å². The van der Waals surface area contributed by atoms with Crippen LogP contribution in [0.15, 0.2) is 47.4 Å². The molecule has 2 aliphatic heterocycles. The monoisotopic (exact) mass is 432 g/mol. The topological polar surface area (TPSA) is 85.4 Å². The van der Waals surface area contributed by atoms with Crippen LogP contribution in [0.2, 0.25) is 0 Å². The van der Waals surface area contributed by atoms with Crippen molar-refractivity contribution in [1.29, 1.82) is 0 Å². The molecule has 0 saturated carbocycles. The molecule has 0 spiro atoms. The maximum Gasteiger partial charge on any atom is 0.257 e. The van der Waals surface area contributed by atoms with E-state index in [0.29, 0.717) is 49.1 Å². The highest BCUT2D eigenvalue weighted by molar-refractivity contribution is 7.89. The first kappa shape index (κ1) is 20.5. The van der Waals surface area contributed by atoms with E-state index in [9.17, 15) is 13.2 Å². The molecule has 160 valence electrons. The van der Waals surface area contributed by atoms with Gasteiger partial charge in [-0.3, -0.25) is 4.79 Å². The van der Waals surface area contributed by atoms with Crippen LogP contribution in [0.1, 0.15) is 16.8 Å². The zero-order chi connectivity index (χ0) is 21.1. The Hall–Kier alpha value is -2.78. The minimum atomic E-state index is -3.70. The van der Waals surface area contributed by atoms with Crippen LogP contribution in [-0.2, 0) is 10.0 Å². The molecule has 30 heavy (non-hydrogen) atoms. The van der Waals surface area contributed by atoms with Gasteiger partial charge in [0.1, 0.15) is 5.75 Å². The molecule has 1 fully saturated rings. The summed E-state index contributed by atoms with van der Waals surface area (Å²) < 4.78 is 44.1. The van der Waals surface area contributed by atoms with Gasteiger partial charge >= 0.3 is 0 Å². The molecule has 8 nitrogen and oxygen atoms in total. The molecular weight excluding hydrogens is 408 g/mol. The zero-order valence-corrected chi connectivity index (χ0v) is 17.6. The summed E-state index contributed by atoms with van der Waals surface area (Å²) in [5, 5.41) is 0. The van der Waals surface area contributed by atoms with Gasteiger partial charge in [0.2, 0.25) is 10.0 Å². The number of sulfonamides is 1. The molecular formula is C21H24N2O6S. The number of benzene rings is 2. The third kappa shape index (κ3) is 3.95. The van der Waals surface area contributed by atoms with Gasteiger partial charge in [-0.2, -0.15) is 4.31 Å². The van der Waals surface area contributed by atoms with E-state index in [1.165, 1.54) is 23.5 Å². The van der Waals surface area contributed by atoms with E-state index in [2.05, 4.69) is 0 Å². The number of hydrogen-bond acceptors (Lipinski definition) is 6.